The average molecular weight is 650 g/mol. The molecule has 1 atom stereocenters. The summed E-state index contributed by atoms with van der Waals surface area (Å²) in [5.41, 5.74) is 5.13. The molecule has 0 spiro atoms. The highest BCUT2D eigenvalue weighted by molar-refractivity contribution is 6.39. The molecule has 5 rings (SSSR count). The minimum atomic E-state index is -0.403. The Hall–Kier alpha value is -4.06. The van der Waals surface area contributed by atoms with Gasteiger partial charge in [-0.25, -0.2) is 0 Å². The van der Waals surface area contributed by atoms with E-state index in [2.05, 4.69) is 31.2 Å². The first kappa shape index (κ1) is 32.3. The van der Waals surface area contributed by atoms with Gasteiger partial charge in [-0.1, -0.05) is 53.5 Å². The number of aliphatic hydroxyl groups excluding tert-OH is 1. The van der Waals surface area contributed by atoms with Crippen molar-refractivity contribution in [2.24, 2.45) is 0 Å². The molecule has 1 aliphatic rings. The Morgan fingerprint density at radius 1 is 1.04 bits per heavy atom. The lowest BCUT2D eigenvalue weighted by atomic mass is 10.0. The van der Waals surface area contributed by atoms with Crippen molar-refractivity contribution in [2.45, 2.75) is 32.0 Å². The summed E-state index contributed by atoms with van der Waals surface area (Å²) in [6.45, 7) is 2.31. The third-order valence-electron chi connectivity index (χ3n) is 7.45. The first-order chi connectivity index (χ1) is 21.9. The zero-order chi connectivity index (χ0) is 31.8. The van der Waals surface area contributed by atoms with E-state index < -0.39 is 5.91 Å². The number of methoxy groups -OCH3 is 1. The zero-order valence-electron chi connectivity index (χ0n) is 24.7. The van der Waals surface area contributed by atoms with Crippen LogP contribution in [0.1, 0.15) is 34.5 Å². The fourth-order valence-corrected chi connectivity index (χ4v) is 5.70. The highest BCUT2D eigenvalue weighted by Crippen LogP contribution is 2.41. The number of aliphatic hydroxyl groups is 1. The van der Waals surface area contributed by atoms with Crippen molar-refractivity contribution in [2.75, 3.05) is 32.1 Å². The minimum absolute atomic E-state index is 0.0460. The molecule has 45 heavy (non-hydrogen) atoms. The molecule has 2 aromatic heterocycles. The van der Waals surface area contributed by atoms with E-state index in [9.17, 15) is 9.59 Å². The molecule has 0 aliphatic carbocycles. The monoisotopic (exact) mass is 648 g/mol. The van der Waals surface area contributed by atoms with E-state index in [4.69, 9.17) is 33.0 Å². The molecule has 1 fully saturated rings. The van der Waals surface area contributed by atoms with E-state index in [-0.39, 0.29) is 24.2 Å². The standard InChI is InChI=1S/C33H34Cl2N6O4/c1-45-28-15-21(6-7-22(28)18-37-19-23-8-10-29(43)40-23)32-31(35)25(11-12-38-32)24-3-2-4-26(30(24)34)41-33(44)27-9-5-20(17-39-27)16-36-13-14-42/h2-7,9,11-12,15,17,23,36-37,42H,8,10,13-14,16,18-19H2,1H3,(H,40,43)(H,41,44). The third-order valence-corrected chi connectivity index (χ3v) is 8.24. The number of nitrogens with zero attached hydrogens (tertiary/aromatic N) is 2. The Kier molecular flexibility index (Phi) is 11.0. The summed E-state index contributed by atoms with van der Waals surface area (Å²) in [6.07, 6.45) is 4.68. The summed E-state index contributed by atoms with van der Waals surface area (Å²) in [6, 6.07) is 16.5. The van der Waals surface area contributed by atoms with E-state index >= 15 is 0 Å². The molecule has 1 saturated heterocycles. The molecular weight excluding hydrogens is 615 g/mol. The summed E-state index contributed by atoms with van der Waals surface area (Å²) < 4.78 is 5.68. The second kappa shape index (κ2) is 15.3. The molecule has 1 unspecified atom stereocenters. The maximum absolute atomic E-state index is 13.0. The molecule has 3 heterocycles. The van der Waals surface area contributed by atoms with E-state index in [1.165, 1.54) is 0 Å². The number of carbonyl (C=O) groups excluding carboxylic acids is 2. The number of pyridine rings is 2. The van der Waals surface area contributed by atoms with Crippen molar-refractivity contribution in [3.05, 3.63) is 93.9 Å². The molecule has 4 aromatic rings. The molecule has 0 radical (unpaired) electrons. The maximum atomic E-state index is 13.0. The van der Waals surface area contributed by atoms with Crippen LogP contribution < -0.4 is 26.0 Å². The van der Waals surface area contributed by atoms with Gasteiger partial charge in [-0.3, -0.25) is 19.6 Å². The number of amides is 2. The normalized spacial score (nSPS) is 14.3. The molecule has 1 aliphatic heterocycles. The highest BCUT2D eigenvalue weighted by atomic mass is 35.5. The lowest BCUT2D eigenvalue weighted by Crippen LogP contribution is -2.35. The fourth-order valence-electron chi connectivity index (χ4n) is 5.10. The van der Waals surface area contributed by atoms with Crippen molar-refractivity contribution in [3.8, 4) is 28.1 Å². The summed E-state index contributed by atoms with van der Waals surface area (Å²) in [4.78, 5) is 33.3. The number of hydrogen-bond acceptors (Lipinski definition) is 8. The van der Waals surface area contributed by atoms with Crippen LogP contribution in [0.3, 0.4) is 0 Å². The number of anilines is 1. The highest BCUT2D eigenvalue weighted by Gasteiger charge is 2.21. The fraction of sp³-hybridized carbons (Fsp3) is 0.273. The van der Waals surface area contributed by atoms with Crippen LogP contribution in [0.15, 0.2) is 67.0 Å². The number of benzene rings is 2. The summed E-state index contributed by atoms with van der Waals surface area (Å²) in [5.74, 6) is 0.376. The van der Waals surface area contributed by atoms with Gasteiger partial charge in [0.05, 0.1) is 35.1 Å². The second-order valence-electron chi connectivity index (χ2n) is 10.6. The predicted molar refractivity (Wildman–Crippen MR) is 176 cm³/mol. The smallest absolute Gasteiger partial charge is 0.274 e. The van der Waals surface area contributed by atoms with E-state index in [1.807, 2.05) is 24.3 Å². The molecule has 0 bridgehead atoms. The number of hydrogen-bond donors (Lipinski definition) is 5. The molecule has 5 N–H and O–H groups in total. The van der Waals surface area contributed by atoms with Crippen LogP contribution in [-0.2, 0) is 17.9 Å². The van der Waals surface area contributed by atoms with Gasteiger partial charge in [0, 0.05) is 73.3 Å². The third kappa shape index (κ3) is 7.97. The number of carbonyl (C=O) groups is 2. The first-order valence-corrected chi connectivity index (χ1v) is 15.3. The topological polar surface area (TPSA) is 138 Å². The van der Waals surface area contributed by atoms with Crippen LogP contribution in [0.25, 0.3) is 22.4 Å². The lowest BCUT2D eigenvalue weighted by molar-refractivity contribution is -0.119. The summed E-state index contributed by atoms with van der Waals surface area (Å²) >= 11 is 13.8. The average Bonchev–Trinajstić information content (AvgIpc) is 3.47. The Morgan fingerprint density at radius 2 is 1.89 bits per heavy atom. The second-order valence-corrected chi connectivity index (χ2v) is 11.3. The van der Waals surface area contributed by atoms with Crippen molar-refractivity contribution in [1.29, 1.82) is 0 Å². The minimum Gasteiger partial charge on any atom is -0.496 e. The van der Waals surface area contributed by atoms with Gasteiger partial charge in [-0.2, -0.15) is 0 Å². The summed E-state index contributed by atoms with van der Waals surface area (Å²) in [7, 11) is 1.62. The van der Waals surface area contributed by atoms with E-state index in [0.29, 0.717) is 70.9 Å². The van der Waals surface area contributed by atoms with Crippen molar-refractivity contribution >= 4 is 40.7 Å². The SMILES string of the molecule is COc1cc(-c2nccc(-c3cccc(NC(=O)c4ccc(CNCCO)cn4)c3Cl)c2Cl)ccc1CNCC1CCC(=O)N1. The van der Waals surface area contributed by atoms with Gasteiger partial charge < -0.3 is 31.1 Å². The molecule has 0 saturated carbocycles. The Balaban J connectivity index is 1.32. The van der Waals surface area contributed by atoms with Gasteiger partial charge in [-0.15, -0.1) is 0 Å². The molecular formula is C33H34Cl2N6O4. The molecule has 2 amide bonds. The predicted octanol–water partition coefficient (Wildman–Crippen LogP) is 4.83. The van der Waals surface area contributed by atoms with Gasteiger partial charge in [0.1, 0.15) is 11.4 Å². The quantitative estimate of drug-likeness (QED) is 0.130. The van der Waals surface area contributed by atoms with Crippen LogP contribution in [0.5, 0.6) is 5.75 Å². The van der Waals surface area contributed by atoms with Crippen molar-refractivity contribution in [3.63, 3.8) is 0 Å². The molecule has 12 heteroatoms. The first-order valence-electron chi connectivity index (χ1n) is 14.6. The number of ether oxygens (including phenoxy) is 1. The molecule has 10 nitrogen and oxygen atoms in total. The van der Waals surface area contributed by atoms with Gasteiger partial charge in [-0.05, 0) is 36.2 Å². The van der Waals surface area contributed by atoms with Crippen molar-refractivity contribution in [1.82, 2.24) is 25.9 Å². The lowest BCUT2D eigenvalue weighted by Gasteiger charge is -2.16. The van der Waals surface area contributed by atoms with E-state index in [0.717, 1.165) is 23.1 Å². The number of rotatable bonds is 13. The Labute approximate surface area is 271 Å². The van der Waals surface area contributed by atoms with Crippen LogP contribution in [0, 0.1) is 0 Å². The van der Waals surface area contributed by atoms with Crippen LogP contribution in [0.2, 0.25) is 10.0 Å². The van der Waals surface area contributed by atoms with Gasteiger partial charge in [0.15, 0.2) is 0 Å². The number of nitrogens with one attached hydrogen (secondary N) is 4. The van der Waals surface area contributed by atoms with Gasteiger partial charge >= 0.3 is 0 Å². The van der Waals surface area contributed by atoms with Gasteiger partial charge in [0.2, 0.25) is 5.91 Å². The van der Waals surface area contributed by atoms with Crippen molar-refractivity contribution < 1.29 is 19.4 Å². The summed E-state index contributed by atoms with van der Waals surface area (Å²) in [5, 5.41) is 21.9. The van der Waals surface area contributed by atoms with E-state index in [1.54, 1.807) is 49.8 Å². The Bertz CT molecular complexity index is 1670. The van der Waals surface area contributed by atoms with Crippen LogP contribution in [0.4, 0.5) is 5.69 Å². The molecule has 234 valence electrons. The maximum Gasteiger partial charge on any atom is 0.274 e. The van der Waals surface area contributed by atoms with Crippen LogP contribution in [-0.4, -0.2) is 59.7 Å². The zero-order valence-corrected chi connectivity index (χ0v) is 26.2. The van der Waals surface area contributed by atoms with Gasteiger partial charge in [0.25, 0.3) is 5.91 Å². The number of halogens is 2. The Morgan fingerprint density at radius 3 is 2.62 bits per heavy atom. The molecule has 2 aromatic carbocycles. The van der Waals surface area contributed by atoms with Crippen LogP contribution >= 0.6 is 23.2 Å². The largest absolute Gasteiger partial charge is 0.496 e. The number of aromatic nitrogens is 2.